The van der Waals surface area contributed by atoms with Crippen molar-refractivity contribution in [3.05, 3.63) is 24.3 Å². The molecule has 0 saturated carbocycles. The smallest absolute Gasteiger partial charge is 0.0431 e. The molecule has 0 aromatic heterocycles. The summed E-state index contributed by atoms with van der Waals surface area (Å²) in [6.45, 7) is 2.60. The van der Waals surface area contributed by atoms with Crippen molar-refractivity contribution in [3.8, 4) is 0 Å². The minimum Gasteiger partial charge on any atom is -0.396 e. The van der Waals surface area contributed by atoms with Gasteiger partial charge in [-0.1, -0.05) is 76.2 Å². The van der Waals surface area contributed by atoms with Gasteiger partial charge >= 0.3 is 0 Å². The van der Waals surface area contributed by atoms with Gasteiger partial charge in [0.05, 0.1) is 0 Å². The summed E-state index contributed by atoms with van der Waals surface area (Å²) in [7, 11) is 0. The van der Waals surface area contributed by atoms with E-state index in [1.807, 2.05) is 0 Å². The third kappa shape index (κ3) is 17.4. The molecule has 0 aromatic rings. The molecule has 0 amide bonds. The van der Waals surface area contributed by atoms with Gasteiger partial charge in [-0.05, 0) is 32.1 Å². The third-order valence-corrected chi connectivity index (χ3v) is 3.39. The monoisotopic (exact) mass is 266 g/mol. The highest BCUT2D eigenvalue weighted by Gasteiger charge is 1.89. The molecule has 0 aliphatic heterocycles. The summed E-state index contributed by atoms with van der Waals surface area (Å²) < 4.78 is 0. The molecule has 1 N–H and O–H groups in total. The van der Waals surface area contributed by atoms with E-state index < -0.39 is 0 Å². The van der Waals surface area contributed by atoms with Crippen LogP contribution in [0.2, 0.25) is 0 Å². The van der Waals surface area contributed by atoms with Crippen LogP contribution in [0, 0.1) is 0 Å². The van der Waals surface area contributed by atoms with Gasteiger partial charge in [-0.2, -0.15) is 0 Å². The summed E-state index contributed by atoms with van der Waals surface area (Å²) in [5.41, 5.74) is 0. The van der Waals surface area contributed by atoms with E-state index in [0.717, 1.165) is 19.3 Å². The van der Waals surface area contributed by atoms with Crippen LogP contribution in [0.1, 0.15) is 84.0 Å². The van der Waals surface area contributed by atoms with Crippen LogP contribution in [0.3, 0.4) is 0 Å². The zero-order valence-electron chi connectivity index (χ0n) is 12.9. The Morgan fingerprint density at radius 3 is 1.63 bits per heavy atom. The van der Waals surface area contributed by atoms with Crippen molar-refractivity contribution in [2.45, 2.75) is 84.0 Å². The molecule has 0 heterocycles. The average molecular weight is 266 g/mol. The van der Waals surface area contributed by atoms with Crippen LogP contribution in [-0.4, -0.2) is 11.7 Å². The molecule has 19 heavy (non-hydrogen) atoms. The van der Waals surface area contributed by atoms with Crippen LogP contribution >= 0.6 is 0 Å². The van der Waals surface area contributed by atoms with Crippen molar-refractivity contribution in [1.29, 1.82) is 0 Å². The molecular weight excluding hydrogens is 232 g/mol. The van der Waals surface area contributed by atoms with E-state index in [0.29, 0.717) is 6.61 Å². The van der Waals surface area contributed by atoms with Crippen molar-refractivity contribution < 1.29 is 5.11 Å². The van der Waals surface area contributed by atoms with Crippen LogP contribution in [-0.2, 0) is 0 Å². The number of rotatable bonds is 14. The SMILES string of the molecule is CCCCCCCCC/C=C/C=C/CCCCCO. The van der Waals surface area contributed by atoms with Crippen LogP contribution in [0.25, 0.3) is 0 Å². The Kier molecular flexibility index (Phi) is 16.9. The Morgan fingerprint density at radius 1 is 0.632 bits per heavy atom. The zero-order chi connectivity index (χ0) is 14.0. The molecule has 112 valence electrons. The van der Waals surface area contributed by atoms with E-state index in [4.69, 9.17) is 5.11 Å². The minimum absolute atomic E-state index is 0.335. The number of aliphatic hydroxyl groups is 1. The van der Waals surface area contributed by atoms with Crippen molar-refractivity contribution in [1.82, 2.24) is 0 Å². The van der Waals surface area contributed by atoms with Gasteiger partial charge in [0.25, 0.3) is 0 Å². The van der Waals surface area contributed by atoms with Crippen LogP contribution in [0.5, 0.6) is 0 Å². The maximum absolute atomic E-state index is 8.64. The van der Waals surface area contributed by atoms with E-state index >= 15 is 0 Å². The number of hydrogen-bond donors (Lipinski definition) is 1. The maximum Gasteiger partial charge on any atom is 0.0431 e. The Hall–Kier alpha value is -0.560. The van der Waals surface area contributed by atoms with Gasteiger partial charge in [-0.25, -0.2) is 0 Å². The molecule has 0 bridgehead atoms. The first-order chi connectivity index (χ1) is 9.41. The molecule has 0 aliphatic carbocycles. The fourth-order valence-corrected chi connectivity index (χ4v) is 2.12. The number of aliphatic hydroxyl groups excluding tert-OH is 1. The average Bonchev–Trinajstić information content (AvgIpc) is 2.43. The topological polar surface area (TPSA) is 20.2 Å². The van der Waals surface area contributed by atoms with Gasteiger partial charge in [0.15, 0.2) is 0 Å². The molecule has 0 unspecified atom stereocenters. The van der Waals surface area contributed by atoms with Crippen molar-refractivity contribution >= 4 is 0 Å². The second-order valence-corrected chi connectivity index (χ2v) is 5.34. The van der Waals surface area contributed by atoms with Crippen LogP contribution < -0.4 is 0 Å². The molecule has 0 fully saturated rings. The Bertz CT molecular complexity index is 206. The second kappa shape index (κ2) is 17.4. The Labute approximate surface area is 120 Å². The first-order valence-electron chi connectivity index (χ1n) is 8.34. The van der Waals surface area contributed by atoms with E-state index in [-0.39, 0.29) is 0 Å². The summed E-state index contributed by atoms with van der Waals surface area (Å²) in [5, 5.41) is 8.64. The van der Waals surface area contributed by atoms with Crippen molar-refractivity contribution in [2.75, 3.05) is 6.61 Å². The first-order valence-corrected chi connectivity index (χ1v) is 8.34. The molecule has 0 saturated heterocycles. The van der Waals surface area contributed by atoms with Crippen LogP contribution in [0.15, 0.2) is 24.3 Å². The number of hydrogen-bond acceptors (Lipinski definition) is 1. The summed E-state index contributed by atoms with van der Waals surface area (Å²) >= 11 is 0. The van der Waals surface area contributed by atoms with Gasteiger partial charge in [-0.15, -0.1) is 0 Å². The summed E-state index contributed by atoms with van der Waals surface area (Å²) in [6, 6.07) is 0. The summed E-state index contributed by atoms with van der Waals surface area (Å²) in [6.07, 6.45) is 24.3. The lowest BCUT2D eigenvalue weighted by molar-refractivity contribution is 0.283. The molecule has 0 aliphatic rings. The van der Waals surface area contributed by atoms with E-state index in [2.05, 4.69) is 31.2 Å². The van der Waals surface area contributed by atoms with Crippen molar-refractivity contribution in [3.63, 3.8) is 0 Å². The first kappa shape index (κ1) is 18.4. The summed E-state index contributed by atoms with van der Waals surface area (Å²) in [4.78, 5) is 0. The summed E-state index contributed by atoms with van der Waals surface area (Å²) in [5.74, 6) is 0. The molecular formula is C18H34O. The highest BCUT2D eigenvalue weighted by molar-refractivity contribution is 5.02. The van der Waals surface area contributed by atoms with Gasteiger partial charge < -0.3 is 5.11 Å². The molecule has 0 spiro atoms. The normalized spacial score (nSPS) is 11.9. The number of unbranched alkanes of at least 4 members (excludes halogenated alkanes) is 10. The lowest BCUT2D eigenvalue weighted by Crippen LogP contribution is -1.81. The maximum atomic E-state index is 8.64. The number of allylic oxidation sites excluding steroid dienone is 4. The second-order valence-electron chi connectivity index (χ2n) is 5.34. The van der Waals surface area contributed by atoms with Crippen molar-refractivity contribution in [2.24, 2.45) is 0 Å². The highest BCUT2D eigenvalue weighted by Crippen LogP contribution is 2.08. The largest absolute Gasteiger partial charge is 0.396 e. The predicted molar refractivity (Wildman–Crippen MR) is 86.4 cm³/mol. The molecule has 1 heteroatoms. The quantitative estimate of drug-likeness (QED) is 0.311. The molecule has 0 radical (unpaired) electrons. The zero-order valence-corrected chi connectivity index (χ0v) is 12.9. The van der Waals surface area contributed by atoms with Gasteiger partial charge in [0.1, 0.15) is 0 Å². The molecule has 0 aromatic carbocycles. The minimum atomic E-state index is 0.335. The van der Waals surface area contributed by atoms with Crippen LogP contribution in [0.4, 0.5) is 0 Å². The van der Waals surface area contributed by atoms with E-state index in [1.165, 1.54) is 57.8 Å². The van der Waals surface area contributed by atoms with E-state index in [9.17, 15) is 0 Å². The Morgan fingerprint density at radius 2 is 1.11 bits per heavy atom. The van der Waals surface area contributed by atoms with Gasteiger partial charge in [0.2, 0.25) is 0 Å². The lowest BCUT2D eigenvalue weighted by atomic mass is 10.1. The standard InChI is InChI=1S/C18H34O/c1-2-3-4-5-6-7-8-9-10-11-12-13-14-15-16-17-18-19/h10-13,19H,2-9,14-18H2,1H3/b11-10+,13-12+. The fraction of sp³-hybridized carbons (Fsp3) is 0.778. The van der Waals surface area contributed by atoms with Gasteiger partial charge in [0, 0.05) is 6.61 Å². The predicted octanol–water partition coefficient (Wildman–Crippen LogP) is 5.79. The Balaban J connectivity index is 3.14. The van der Waals surface area contributed by atoms with Gasteiger partial charge in [-0.3, -0.25) is 0 Å². The third-order valence-electron chi connectivity index (χ3n) is 3.39. The highest BCUT2D eigenvalue weighted by atomic mass is 16.2. The fourth-order valence-electron chi connectivity index (χ4n) is 2.12. The molecule has 0 atom stereocenters. The molecule has 0 rings (SSSR count). The molecule has 1 nitrogen and oxygen atoms in total. The van der Waals surface area contributed by atoms with E-state index in [1.54, 1.807) is 0 Å². The lowest BCUT2D eigenvalue weighted by Gasteiger charge is -1.98.